The van der Waals surface area contributed by atoms with Crippen LogP contribution in [-0.2, 0) is 20.9 Å². The van der Waals surface area contributed by atoms with Gasteiger partial charge in [-0.2, -0.15) is 0 Å². The lowest BCUT2D eigenvalue weighted by Crippen LogP contribution is -2.58. The van der Waals surface area contributed by atoms with Crippen LogP contribution in [0.5, 0.6) is 0 Å². The first-order valence-corrected chi connectivity index (χ1v) is 11.0. The first-order valence-electron chi connectivity index (χ1n) is 10.6. The number of rotatable bonds is 6. The van der Waals surface area contributed by atoms with E-state index in [2.05, 4.69) is 20.9 Å². The number of hydrogen-bond acceptors (Lipinski definition) is 6. The zero-order valence-electron chi connectivity index (χ0n) is 17.0. The fourth-order valence-electron chi connectivity index (χ4n) is 4.43. The third-order valence-electron chi connectivity index (χ3n) is 6.02. The van der Waals surface area contributed by atoms with Gasteiger partial charge in [0.2, 0.25) is 11.8 Å². The Balaban J connectivity index is 1.26. The van der Waals surface area contributed by atoms with E-state index in [1.165, 1.54) is 0 Å². The Hall–Kier alpha value is -2.17. The number of hydrogen-bond donors (Lipinski definition) is 3. The molecular weight excluding hydrogens is 406 g/mol. The number of amides is 2. The molecule has 0 bridgehead atoms. The van der Waals surface area contributed by atoms with E-state index in [1.807, 2.05) is 17.0 Å². The highest BCUT2D eigenvalue weighted by atomic mass is 32.1. The SMILES string of the molecule is O=C1NC[C@@H](CCC(=O)N2CCOCC2)N2C[C@@H](NC(=S)NCc3ccco3)C[C@@H]12. The molecule has 9 nitrogen and oxygen atoms in total. The maximum atomic E-state index is 12.5. The van der Waals surface area contributed by atoms with Gasteiger partial charge in [-0.25, -0.2) is 0 Å². The van der Waals surface area contributed by atoms with Crippen molar-refractivity contribution in [2.24, 2.45) is 0 Å². The van der Waals surface area contributed by atoms with Crippen molar-refractivity contribution in [3.8, 4) is 0 Å². The number of thiocarbonyl (C=S) groups is 1. The number of morpholine rings is 1. The van der Waals surface area contributed by atoms with Gasteiger partial charge in [-0.1, -0.05) is 0 Å². The lowest BCUT2D eigenvalue weighted by atomic mass is 10.0. The van der Waals surface area contributed by atoms with Crippen LogP contribution in [0.25, 0.3) is 0 Å². The number of furan rings is 1. The van der Waals surface area contributed by atoms with Gasteiger partial charge in [-0.3, -0.25) is 14.5 Å². The van der Waals surface area contributed by atoms with Crippen molar-refractivity contribution in [2.45, 2.75) is 43.9 Å². The number of nitrogens with zero attached hydrogens (tertiary/aromatic N) is 2. The Morgan fingerprint density at radius 2 is 2.17 bits per heavy atom. The van der Waals surface area contributed by atoms with Gasteiger partial charge in [0.25, 0.3) is 0 Å². The third-order valence-corrected chi connectivity index (χ3v) is 6.28. The number of fused-ring (bicyclic) bond motifs is 1. The minimum absolute atomic E-state index is 0.0597. The summed E-state index contributed by atoms with van der Waals surface area (Å²) in [5.41, 5.74) is 0. The molecule has 3 fully saturated rings. The molecule has 0 saturated carbocycles. The van der Waals surface area contributed by atoms with E-state index in [0.717, 1.165) is 18.7 Å². The predicted molar refractivity (Wildman–Crippen MR) is 114 cm³/mol. The van der Waals surface area contributed by atoms with Crippen molar-refractivity contribution < 1.29 is 18.7 Å². The van der Waals surface area contributed by atoms with Gasteiger partial charge in [-0.15, -0.1) is 0 Å². The maximum Gasteiger partial charge on any atom is 0.237 e. The van der Waals surface area contributed by atoms with E-state index < -0.39 is 0 Å². The maximum absolute atomic E-state index is 12.5. The van der Waals surface area contributed by atoms with E-state index in [1.54, 1.807) is 6.26 Å². The lowest BCUT2D eigenvalue weighted by molar-refractivity contribution is -0.136. The van der Waals surface area contributed by atoms with Crippen molar-refractivity contribution >= 4 is 29.1 Å². The molecule has 1 aromatic rings. The molecule has 0 unspecified atom stereocenters. The zero-order valence-corrected chi connectivity index (χ0v) is 17.8. The van der Waals surface area contributed by atoms with Gasteiger partial charge < -0.3 is 30.0 Å². The molecule has 10 heteroatoms. The molecule has 3 N–H and O–H groups in total. The first-order chi connectivity index (χ1) is 14.6. The second-order valence-corrected chi connectivity index (χ2v) is 8.39. The normalized spacial score (nSPS) is 26.7. The molecule has 0 aromatic carbocycles. The Labute approximate surface area is 181 Å². The van der Waals surface area contributed by atoms with Crippen molar-refractivity contribution in [3.05, 3.63) is 24.2 Å². The molecule has 0 radical (unpaired) electrons. The summed E-state index contributed by atoms with van der Waals surface area (Å²) >= 11 is 5.40. The number of piperazine rings is 1. The zero-order chi connectivity index (χ0) is 20.9. The topological polar surface area (TPSA) is 99.1 Å². The van der Waals surface area contributed by atoms with Gasteiger partial charge in [0, 0.05) is 44.7 Å². The average Bonchev–Trinajstić information content (AvgIpc) is 3.42. The summed E-state index contributed by atoms with van der Waals surface area (Å²) in [6, 6.07) is 3.80. The van der Waals surface area contributed by atoms with E-state index in [0.29, 0.717) is 57.3 Å². The molecular formula is C20H29N5O4S. The highest BCUT2D eigenvalue weighted by Crippen LogP contribution is 2.26. The van der Waals surface area contributed by atoms with Gasteiger partial charge in [0.15, 0.2) is 5.11 Å². The molecule has 3 saturated heterocycles. The van der Waals surface area contributed by atoms with Crippen LogP contribution in [0.15, 0.2) is 22.8 Å². The predicted octanol–water partition coefficient (Wildman–Crippen LogP) is -0.176. The van der Waals surface area contributed by atoms with Crippen LogP contribution in [0.2, 0.25) is 0 Å². The summed E-state index contributed by atoms with van der Waals surface area (Å²) in [4.78, 5) is 29.0. The smallest absolute Gasteiger partial charge is 0.237 e. The van der Waals surface area contributed by atoms with Crippen LogP contribution in [0.4, 0.5) is 0 Å². The molecule has 164 valence electrons. The van der Waals surface area contributed by atoms with Crippen LogP contribution in [0.3, 0.4) is 0 Å². The van der Waals surface area contributed by atoms with Crippen molar-refractivity contribution in [3.63, 3.8) is 0 Å². The molecule has 3 aliphatic heterocycles. The molecule has 0 spiro atoms. The van der Waals surface area contributed by atoms with Crippen molar-refractivity contribution in [2.75, 3.05) is 39.4 Å². The van der Waals surface area contributed by atoms with Crippen LogP contribution in [-0.4, -0.2) is 84.2 Å². The fourth-order valence-corrected chi connectivity index (χ4v) is 4.67. The Morgan fingerprint density at radius 1 is 1.33 bits per heavy atom. The quantitative estimate of drug-likeness (QED) is 0.530. The van der Waals surface area contributed by atoms with Crippen LogP contribution in [0.1, 0.15) is 25.0 Å². The van der Waals surface area contributed by atoms with Crippen LogP contribution >= 0.6 is 12.2 Å². The number of nitrogens with one attached hydrogen (secondary N) is 3. The monoisotopic (exact) mass is 435 g/mol. The summed E-state index contributed by atoms with van der Waals surface area (Å²) in [7, 11) is 0. The summed E-state index contributed by atoms with van der Waals surface area (Å²) in [5, 5.41) is 10.0. The highest BCUT2D eigenvalue weighted by molar-refractivity contribution is 7.80. The standard InChI is InChI=1S/C20H29N5O4S/c26-18(24-5-8-28-9-6-24)4-3-15-11-21-19(27)17-10-14(13-25(15)17)23-20(30)22-12-16-2-1-7-29-16/h1-2,7,14-15,17H,3-6,8-13H2,(H,21,27)(H2,22,23,30)/t14-,15+,17-/m0/s1. The minimum Gasteiger partial charge on any atom is -0.467 e. The molecule has 4 heterocycles. The first kappa shape index (κ1) is 21.1. The van der Waals surface area contributed by atoms with E-state index in [9.17, 15) is 9.59 Å². The van der Waals surface area contributed by atoms with E-state index >= 15 is 0 Å². The van der Waals surface area contributed by atoms with E-state index in [-0.39, 0.29) is 29.9 Å². The molecule has 3 atom stereocenters. The average molecular weight is 436 g/mol. The largest absolute Gasteiger partial charge is 0.467 e. The van der Waals surface area contributed by atoms with Crippen LogP contribution < -0.4 is 16.0 Å². The summed E-state index contributed by atoms with van der Waals surface area (Å²) in [5.74, 6) is 1.04. The fraction of sp³-hybridized carbons (Fsp3) is 0.650. The third kappa shape index (κ3) is 5.11. The summed E-state index contributed by atoms with van der Waals surface area (Å²) < 4.78 is 10.6. The highest BCUT2D eigenvalue weighted by Gasteiger charge is 2.43. The lowest BCUT2D eigenvalue weighted by Gasteiger charge is -2.37. The summed E-state index contributed by atoms with van der Waals surface area (Å²) in [6.45, 7) is 4.39. The Morgan fingerprint density at radius 3 is 2.93 bits per heavy atom. The molecule has 0 aliphatic carbocycles. The van der Waals surface area contributed by atoms with Gasteiger partial charge >= 0.3 is 0 Å². The molecule has 2 amide bonds. The summed E-state index contributed by atoms with van der Waals surface area (Å²) in [6.07, 6.45) is 3.55. The van der Waals surface area contributed by atoms with Crippen molar-refractivity contribution in [1.82, 2.24) is 25.8 Å². The van der Waals surface area contributed by atoms with Gasteiger partial charge in [0.05, 0.1) is 32.1 Å². The number of carbonyl (C=O) groups is 2. The molecule has 1 aromatic heterocycles. The Kier molecular flexibility index (Phi) is 6.86. The second kappa shape index (κ2) is 9.76. The van der Waals surface area contributed by atoms with Crippen LogP contribution in [0, 0.1) is 0 Å². The molecule has 30 heavy (non-hydrogen) atoms. The number of ether oxygens (including phenoxy) is 1. The van der Waals surface area contributed by atoms with Crippen molar-refractivity contribution in [1.29, 1.82) is 0 Å². The van der Waals surface area contributed by atoms with Gasteiger partial charge in [0.1, 0.15) is 5.76 Å². The van der Waals surface area contributed by atoms with Gasteiger partial charge in [-0.05, 0) is 37.2 Å². The minimum atomic E-state index is -0.174. The van der Waals surface area contributed by atoms with E-state index in [4.69, 9.17) is 21.4 Å². The molecule has 4 rings (SSSR count). The Bertz CT molecular complexity index is 752. The molecule has 3 aliphatic rings. The second-order valence-electron chi connectivity index (χ2n) is 7.98. The number of carbonyl (C=O) groups excluding carboxylic acids is 2.